The minimum Gasteiger partial charge on any atom is -0.393 e. The van der Waals surface area contributed by atoms with E-state index in [0.29, 0.717) is 17.8 Å². The van der Waals surface area contributed by atoms with Crippen molar-refractivity contribution in [3.8, 4) is 0 Å². The SMILES string of the molecule is CCN(Cc1ccncc1)CC1C(C)CC(C)CC1O. The third-order valence-electron chi connectivity index (χ3n) is 4.71. The Kier molecular flexibility index (Phi) is 5.55. The minimum absolute atomic E-state index is 0.139. The Morgan fingerprint density at radius 1 is 1.25 bits per heavy atom. The first-order chi connectivity index (χ1) is 9.60. The quantitative estimate of drug-likeness (QED) is 0.898. The van der Waals surface area contributed by atoms with Crippen LogP contribution in [0.2, 0.25) is 0 Å². The fourth-order valence-corrected chi connectivity index (χ4v) is 3.52. The second-order valence-corrected chi connectivity index (χ2v) is 6.47. The molecule has 0 saturated heterocycles. The monoisotopic (exact) mass is 276 g/mol. The van der Waals surface area contributed by atoms with Gasteiger partial charge in [-0.05, 0) is 48.9 Å². The number of hydrogen-bond donors (Lipinski definition) is 1. The van der Waals surface area contributed by atoms with Gasteiger partial charge >= 0.3 is 0 Å². The summed E-state index contributed by atoms with van der Waals surface area (Å²) in [6.45, 7) is 9.71. The van der Waals surface area contributed by atoms with Crippen LogP contribution in [0.5, 0.6) is 0 Å². The summed E-state index contributed by atoms with van der Waals surface area (Å²) in [7, 11) is 0. The zero-order chi connectivity index (χ0) is 14.5. The molecule has 0 amide bonds. The number of aliphatic hydroxyl groups excluding tert-OH is 1. The second kappa shape index (κ2) is 7.19. The largest absolute Gasteiger partial charge is 0.393 e. The van der Waals surface area contributed by atoms with Crippen molar-refractivity contribution in [2.24, 2.45) is 17.8 Å². The average Bonchev–Trinajstić information content (AvgIpc) is 2.42. The van der Waals surface area contributed by atoms with Gasteiger partial charge in [0, 0.05) is 31.4 Å². The van der Waals surface area contributed by atoms with Crippen molar-refractivity contribution < 1.29 is 5.11 Å². The van der Waals surface area contributed by atoms with Gasteiger partial charge in [0.15, 0.2) is 0 Å². The van der Waals surface area contributed by atoms with Crippen LogP contribution in [0.4, 0.5) is 0 Å². The maximum absolute atomic E-state index is 10.4. The first kappa shape index (κ1) is 15.5. The summed E-state index contributed by atoms with van der Waals surface area (Å²) >= 11 is 0. The third kappa shape index (κ3) is 4.03. The summed E-state index contributed by atoms with van der Waals surface area (Å²) in [6, 6.07) is 4.15. The van der Waals surface area contributed by atoms with Crippen molar-refractivity contribution in [3.63, 3.8) is 0 Å². The fourth-order valence-electron chi connectivity index (χ4n) is 3.52. The first-order valence-electron chi connectivity index (χ1n) is 7.89. The van der Waals surface area contributed by atoms with Gasteiger partial charge < -0.3 is 5.11 Å². The molecule has 20 heavy (non-hydrogen) atoms. The van der Waals surface area contributed by atoms with Gasteiger partial charge in [0.2, 0.25) is 0 Å². The molecular formula is C17H28N2O. The molecule has 1 fully saturated rings. The fraction of sp³-hybridized carbons (Fsp3) is 0.706. The Bertz CT molecular complexity index is 383. The van der Waals surface area contributed by atoms with Gasteiger partial charge in [0.05, 0.1) is 6.10 Å². The number of hydrogen-bond acceptors (Lipinski definition) is 3. The molecule has 3 nitrogen and oxygen atoms in total. The predicted molar refractivity (Wildman–Crippen MR) is 82.2 cm³/mol. The summed E-state index contributed by atoms with van der Waals surface area (Å²) < 4.78 is 0. The molecule has 4 atom stereocenters. The molecule has 1 aromatic rings. The normalized spacial score (nSPS) is 30.6. The Morgan fingerprint density at radius 3 is 2.55 bits per heavy atom. The lowest BCUT2D eigenvalue weighted by Crippen LogP contribution is -2.42. The van der Waals surface area contributed by atoms with E-state index in [1.807, 2.05) is 12.4 Å². The number of aromatic nitrogens is 1. The highest BCUT2D eigenvalue weighted by Crippen LogP contribution is 2.34. The average molecular weight is 276 g/mol. The van der Waals surface area contributed by atoms with Crippen molar-refractivity contribution in [3.05, 3.63) is 30.1 Å². The van der Waals surface area contributed by atoms with Gasteiger partial charge in [-0.25, -0.2) is 0 Å². The molecule has 1 heterocycles. The molecule has 0 spiro atoms. The predicted octanol–water partition coefficient (Wildman–Crippen LogP) is 2.95. The number of nitrogens with zero attached hydrogens (tertiary/aromatic N) is 2. The number of rotatable bonds is 5. The Morgan fingerprint density at radius 2 is 1.95 bits per heavy atom. The molecule has 1 aliphatic carbocycles. The van der Waals surface area contributed by atoms with Gasteiger partial charge in [-0.2, -0.15) is 0 Å². The third-order valence-corrected chi connectivity index (χ3v) is 4.71. The van der Waals surface area contributed by atoms with E-state index >= 15 is 0 Å². The van der Waals surface area contributed by atoms with Crippen LogP contribution in [-0.4, -0.2) is 34.2 Å². The van der Waals surface area contributed by atoms with E-state index in [1.54, 1.807) is 0 Å². The summed E-state index contributed by atoms with van der Waals surface area (Å²) in [5, 5.41) is 10.4. The van der Waals surface area contributed by atoms with Crippen LogP contribution in [0.1, 0.15) is 39.2 Å². The molecule has 0 bridgehead atoms. The molecule has 112 valence electrons. The Labute approximate surface area is 123 Å². The zero-order valence-corrected chi connectivity index (χ0v) is 13.0. The van der Waals surface area contributed by atoms with Crippen LogP contribution < -0.4 is 0 Å². The molecule has 4 unspecified atom stereocenters. The van der Waals surface area contributed by atoms with Crippen LogP contribution in [-0.2, 0) is 6.54 Å². The van der Waals surface area contributed by atoms with Crippen LogP contribution >= 0.6 is 0 Å². The van der Waals surface area contributed by atoms with E-state index in [0.717, 1.165) is 26.1 Å². The van der Waals surface area contributed by atoms with E-state index in [-0.39, 0.29) is 6.10 Å². The highest BCUT2D eigenvalue weighted by Gasteiger charge is 2.33. The van der Waals surface area contributed by atoms with Crippen LogP contribution in [0.25, 0.3) is 0 Å². The van der Waals surface area contributed by atoms with Crippen molar-refractivity contribution in [2.45, 2.75) is 46.3 Å². The standard InChI is InChI=1S/C17H28N2O/c1-4-19(11-15-5-7-18-8-6-15)12-16-14(3)9-13(2)10-17(16)20/h5-8,13-14,16-17,20H,4,9-12H2,1-3H3. The smallest absolute Gasteiger partial charge is 0.0585 e. The van der Waals surface area contributed by atoms with E-state index in [4.69, 9.17) is 0 Å². The van der Waals surface area contributed by atoms with E-state index < -0.39 is 0 Å². The van der Waals surface area contributed by atoms with E-state index in [1.165, 1.54) is 12.0 Å². The second-order valence-electron chi connectivity index (χ2n) is 6.47. The van der Waals surface area contributed by atoms with E-state index in [9.17, 15) is 5.11 Å². The van der Waals surface area contributed by atoms with Crippen molar-refractivity contribution in [1.29, 1.82) is 0 Å². The summed E-state index contributed by atoms with van der Waals surface area (Å²) in [4.78, 5) is 6.51. The van der Waals surface area contributed by atoms with Gasteiger partial charge in [-0.1, -0.05) is 20.8 Å². The summed E-state index contributed by atoms with van der Waals surface area (Å²) in [5.74, 6) is 1.68. The topological polar surface area (TPSA) is 36.4 Å². The maximum atomic E-state index is 10.4. The lowest BCUT2D eigenvalue weighted by Gasteiger charge is -2.39. The number of pyridine rings is 1. The van der Waals surface area contributed by atoms with Gasteiger partial charge in [-0.3, -0.25) is 9.88 Å². The highest BCUT2D eigenvalue weighted by molar-refractivity contribution is 5.09. The first-order valence-corrected chi connectivity index (χ1v) is 7.89. The lowest BCUT2D eigenvalue weighted by atomic mass is 9.73. The molecule has 0 aliphatic heterocycles. The molecule has 1 saturated carbocycles. The molecule has 0 aromatic carbocycles. The molecule has 1 aromatic heterocycles. The van der Waals surface area contributed by atoms with Crippen molar-refractivity contribution in [2.75, 3.05) is 13.1 Å². The maximum Gasteiger partial charge on any atom is 0.0585 e. The molecular weight excluding hydrogens is 248 g/mol. The molecule has 1 aliphatic rings. The Balaban J connectivity index is 1.95. The van der Waals surface area contributed by atoms with Crippen molar-refractivity contribution >= 4 is 0 Å². The van der Waals surface area contributed by atoms with E-state index in [2.05, 4.69) is 42.8 Å². The molecule has 1 N–H and O–H groups in total. The van der Waals surface area contributed by atoms with Crippen LogP contribution in [0.3, 0.4) is 0 Å². The zero-order valence-electron chi connectivity index (χ0n) is 13.0. The summed E-state index contributed by atoms with van der Waals surface area (Å²) in [5.41, 5.74) is 1.30. The van der Waals surface area contributed by atoms with Gasteiger partial charge in [-0.15, -0.1) is 0 Å². The van der Waals surface area contributed by atoms with Crippen molar-refractivity contribution in [1.82, 2.24) is 9.88 Å². The van der Waals surface area contributed by atoms with Gasteiger partial charge in [0.1, 0.15) is 0 Å². The molecule has 0 radical (unpaired) electrons. The number of aliphatic hydroxyl groups is 1. The van der Waals surface area contributed by atoms with Crippen LogP contribution in [0.15, 0.2) is 24.5 Å². The Hall–Kier alpha value is -0.930. The molecule has 3 heteroatoms. The highest BCUT2D eigenvalue weighted by atomic mass is 16.3. The van der Waals surface area contributed by atoms with Gasteiger partial charge in [0.25, 0.3) is 0 Å². The van der Waals surface area contributed by atoms with Crippen LogP contribution in [0, 0.1) is 17.8 Å². The molecule has 2 rings (SSSR count). The minimum atomic E-state index is -0.139. The summed E-state index contributed by atoms with van der Waals surface area (Å²) in [6.07, 6.45) is 5.77. The lowest BCUT2D eigenvalue weighted by molar-refractivity contribution is -0.00252.